The SMILES string of the molecule is Fc1cc2onc(-c3ccccc3)c2cc1F. The van der Waals surface area contributed by atoms with Crippen LogP contribution >= 0.6 is 0 Å². The van der Waals surface area contributed by atoms with Crippen LogP contribution in [-0.4, -0.2) is 5.16 Å². The van der Waals surface area contributed by atoms with Crippen LogP contribution in [0.5, 0.6) is 0 Å². The quantitative estimate of drug-likeness (QED) is 0.637. The fraction of sp³-hybridized carbons (Fsp3) is 0. The predicted octanol–water partition coefficient (Wildman–Crippen LogP) is 3.77. The van der Waals surface area contributed by atoms with Crippen LogP contribution in [0.4, 0.5) is 8.78 Å². The van der Waals surface area contributed by atoms with Gasteiger partial charge in [-0.25, -0.2) is 8.78 Å². The first-order chi connectivity index (χ1) is 8.25. The lowest BCUT2D eigenvalue weighted by Crippen LogP contribution is -1.83. The Morgan fingerprint density at radius 3 is 2.41 bits per heavy atom. The van der Waals surface area contributed by atoms with Gasteiger partial charge < -0.3 is 4.52 Å². The van der Waals surface area contributed by atoms with Gasteiger partial charge in [0.1, 0.15) is 5.69 Å². The predicted molar refractivity (Wildman–Crippen MR) is 59.4 cm³/mol. The van der Waals surface area contributed by atoms with Crippen molar-refractivity contribution < 1.29 is 13.3 Å². The molecule has 0 unspecified atom stereocenters. The van der Waals surface area contributed by atoms with Crippen LogP contribution in [0.1, 0.15) is 0 Å². The number of rotatable bonds is 1. The summed E-state index contributed by atoms with van der Waals surface area (Å²) < 4.78 is 31.2. The molecule has 0 amide bonds. The molecular weight excluding hydrogens is 224 g/mol. The molecule has 0 radical (unpaired) electrons. The van der Waals surface area contributed by atoms with E-state index in [2.05, 4.69) is 5.16 Å². The van der Waals surface area contributed by atoms with E-state index in [-0.39, 0.29) is 5.58 Å². The van der Waals surface area contributed by atoms with E-state index in [1.807, 2.05) is 30.3 Å². The number of fused-ring (bicyclic) bond motifs is 1. The van der Waals surface area contributed by atoms with E-state index in [9.17, 15) is 8.78 Å². The Morgan fingerprint density at radius 2 is 1.65 bits per heavy atom. The van der Waals surface area contributed by atoms with Gasteiger partial charge in [0.2, 0.25) is 0 Å². The van der Waals surface area contributed by atoms with E-state index in [1.165, 1.54) is 0 Å². The number of hydrogen-bond donors (Lipinski definition) is 0. The van der Waals surface area contributed by atoms with E-state index < -0.39 is 11.6 Å². The smallest absolute Gasteiger partial charge is 0.170 e. The van der Waals surface area contributed by atoms with E-state index in [1.54, 1.807) is 0 Å². The summed E-state index contributed by atoms with van der Waals surface area (Å²) in [5.74, 6) is -1.84. The molecule has 0 bridgehead atoms. The third-order valence-electron chi connectivity index (χ3n) is 2.56. The molecule has 0 aliphatic carbocycles. The van der Waals surface area contributed by atoms with Gasteiger partial charge >= 0.3 is 0 Å². The van der Waals surface area contributed by atoms with Crippen molar-refractivity contribution in [3.8, 4) is 11.3 Å². The van der Waals surface area contributed by atoms with Crippen molar-refractivity contribution in [1.82, 2.24) is 5.16 Å². The zero-order chi connectivity index (χ0) is 11.8. The lowest BCUT2D eigenvalue weighted by atomic mass is 10.1. The van der Waals surface area contributed by atoms with Crippen LogP contribution < -0.4 is 0 Å². The fourth-order valence-corrected chi connectivity index (χ4v) is 1.74. The second-order valence-electron chi connectivity index (χ2n) is 3.66. The first-order valence-electron chi connectivity index (χ1n) is 5.05. The van der Waals surface area contributed by atoms with Gasteiger partial charge in [0.15, 0.2) is 17.2 Å². The molecule has 2 aromatic carbocycles. The highest BCUT2D eigenvalue weighted by molar-refractivity contribution is 5.91. The summed E-state index contributed by atoms with van der Waals surface area (Å²) in [5, 5.41) is 4.31. The average Bonchev–Trinajstić information content (AvgIpc) is 2.74. The maximum atomic E-state index is 13.2. The minimum Gasteiger partial charge on any atom is -0.356 e. The molecule has 0 N–H and O–H groups in total. The summed E-state index contributed by atoms with van der Waals surface area (Å²) in [5.41, 5.74) is 1.56. The van der Waals surface area contributed by atoms with Gasteiger partial charge in [0.25, 0.3) is 0 Å². The molecule has 2 nitrogen and oxygen atoms in total. The standard InChI is InChI=1S/C13H7F2NO/c14-10-6-9-12(7-11(10)15)17-16-13(9)8-4-2-1-3-5-8/h1-7H. The van der Waals surface area contributed by atoms with Gasteiger partial charge in [0, 0.05) is 11.6 Å². The summed E-state index contributed by atoms with van der Waals surface area (Å²) in [7, 11) is 0. The van der Waals surface area contributed by atoms with E-state index in [0.717, 1.165) is 17.7 Å². The minimum atomic E-state index is -0.937. The molecule has 84 valence electrons. The van der Waals surface area contributed by atoms with Crippen LogP contribution in [0, 0.1) is 11.6 Å². The number of hydrogen-bond acceptors (Lipinski definition) is 2. The van der Waals surface area contributed by atoms with Gasteiger partial charge in [0.05, 0.1) is 5.39 Å². The number of halogens is 2. The molecule has 0 aliphatic heterocycles. The Hall–Kier alpha value is -2.23. The number of benzene rings is 2. The van der Waals surface area contributed by atoms with Crippen molar-refractivity contribution in [3.63, 3.8) is 0 Å². The van der Waals surface area contributed by atoms with Crippen LogP contribution in [0.15, 0.2) is 47.0 Å². The van der Waals surface area contributed by atoms with E-state index >= 15 is 0 Å². The highest BCUT2D eigenvalue weighted by Crippen LogP contribution is 2.29. The maximum Gasteiger partial charge on any atom is 0.170 e. The molecule has 3 rings (SSSR count). The van der Waals surface area contributed by atoms with Gasteiger partial charge in [-0.3, -0.25) is 0 Å². The topological polar surface area (TPSA) is 26.0 Å². The highest BCUT2D eigenvalue weighted by atomic mass is 19.2. The molecule has 1 heterocycles. The molecule has 0 saturated heterocycles. The van der Waals surface area contributed by atoms with Crippen molar-refractivity contribution in [2.45, 2.75) is 0 Å². The highest BCUT2D eigenvalue weighted by Gasteiger charge is 2.13. The Morgan fingerprint density at radius 1 is 0.941 bits per heavy atom. The monoisotopic (exact) mass is 231 g/mol. The molecule has 0 aliphatic rings. The van der Waals surface area contributed by atoms with Crippen molar-refractivity contribution in [3.05, 3.63) is 54.1 Å². The molecule has 0 atom stereocenters. The third-order valence-corrected chi connectivity index (χ3v) is 2.56. The van der Waals surface area contributed by atoms with Crippen molar-refractivity contribution in [1.29, 1.82) is 0 Å². The summed E-state index contributed by atoms with van der Waals surface area (Å²) in [4.78, 5) is 0. The summed E-state index contributed by atoms with van der Waals surface area (Å²) in [6.07, 6.45) is 0. The Balaban J connectivity index is 2.29. The Kier molecular flexibility index (Phi) is 2.14. The first kappa shape index (κ1) is 9.96. The van der Waals surface area contributed by atoms with Crippen molar-refractivity contribution >= 4 is 11.0 Å². The lowest BCUT2D eigenvalue weighted by Gasteiger charge is -1.96. The molecule has 3 aromatic rings. The average molecular weight is 231 g/mol. The molecule has 17 heavy (non-hydrogen) atoms. The van der Waals surface area contributed by atoms with Crippen molar-refractivity contribution in [2.75, 3.05) is 0 Å². The number of aromatic nitrogens is 1. The normalized spacial score (nSPS) is 10.9. The maximum absolute atomic E-state index is 13.2. The Bertz CT molecular complexity index is 676. The van der Waals surface area contributed by atoms with E-state index in [4.69, 9.17) is 4.52 Å². The molecule has 1 aromatic heterocycles. The minimum absolute atomic E-state index is 0.239. The van der Waals surface area contributed by atoms with Gasteiger partial charge in [-0.2, -0.15) is 0 Å². The molecular formula is C13H7F2NO. The fourth-order valence-electron chi connectivity index (χ4n) is 1.74. The van der Waals surface area contributed by atoms with Crippen LogP contribution in [0.25, 0.3) is 22.2 Å². The van der Waals surface area contributed by atoms with Crippen LogP contribution in [0.2, 0.25) is 0 Å². The molecule has 0 spiro atoms. The summed E-state index contributed by atoms with van der Waals surface area (Å²) in [6, 6.07) is 11.3. The third kappa shape index (κ3) is 1.58. The summed E-state index contributed by atoms with van der Waals surface area (Å²) in [6.45, 7) is 0. The molecule has 0 saturated carbocycles. The Labute approximate surface area is 95.5 Å². The first-order valence-corrected chi connectivity index (χ1v) is 5.05. The second kappa shape index (κ2) is 3.66. The molecule has 0 fully saturated rings. The van der Waals surface area contributed by atoms with Gasteiger partial charge in [-0.1, -0.05) is 35.5 Å². The van der Waals surface area contributed by atoms with Gasteiger partial charge in [-0.05, 0) is 6.07 Å². The van der Waals surface area contributed by atoms with Gasteiger partial charge in [-0.15, -0.1) is 0 Å². The zero-order valence-corrected chi connectivity index (χ0v) is 8.65. The lowest BCUT2D eigenvalue weighted by molar-refractivity contribution is 0.454. The largest absolute Gasteiger partial charge is 0.356 e. The van der Waals surface area contributed by atoms with Crippen LogP contribution in [0.3, 0.4) is 0 Å². The summed E-state index contributed by atoms with van der Waals surface area (Å²) >= 11 is 0. The zero-order valence-electron chi connectivity index (χ0n) is 8.65. The number of nitrogens with zero attached hydrogens (tertiary/aromatic N) is 1. The van der Waals surface area contributed by atoms with E-state index in [0.29, 0.717) is 11.1 Å². The second-order valence-corrected chi connectivity index (χ2v) is 3.66. The van der Waals surface area contributed by atoms with Crippen molar-refractivity contribution in [2.24, 2.45) is 0 Å². The molecule has 4 heteroatoms. The van der Waals surface area contributed by atoms with Crippen LogP contribution in [-0.2, 0) is 0 Å².